The van der Waals surface area contributed by atoms with Crippen LogP contribution in [-0.4, -0.2) is 58.4 Å². The van der Waals surface area contributed by atoms with Crippen molar-refractivity contribution in [3.63, 3.8) is 0 Å². The summed E-state index contributed by atoms with van der Waals surface area (Å²) in [5.41, 5.74) is 8.32. The minimum atomic E-state index is -4.67. The lowest BCUT2D eigenvalue weighted by Gasteiger charge is -2.26. The molecular weight excluding hydrogens is 530 g/mol. The molecule has 1 aliphatic rings. The van der Waals surface area contributed by atoms with Crippen LogP contribution in [0.25, 0.3) is 16.6 Å². The first kappa shape index (κ1) is 27.3. The van der Waals surface area contributed by atoms with Crippen LogP contribution in [0.1, 0.15) is 17.5 Å². The summed E-state index contributed by atoms with van der Waals surface area (Å²) in [7, 11) is 0. The van der Waals surface area contributed by atoms with Crippen molar-refractivity contribution in [1.29, 1.82) is 0 Å². The Kier molecular flexibility index (Phi) is 7.85. The minimum absolute atomic E-state index is 0.328. The zero-order valence-corrected chi connectivity index (χ0v) is 21.3. The van der Waals surface area contributed by atoms with Gasteiger partial charge < -0.3 is 21.1 Å². The van der Waals surface area contributed by atoms with E-state index in [0.717, 1.165) is 62.4 Å². The van der Waals surface area contributed by atoms with Crippen LogP contribution in [-0.2, 0) is 17.3 Å². The van der Waals surface area contributed by atoms with Gasteiger partial charge in [-0.25, -0.2) is 18.7 Å². The normalized spacial score (nSPS) is 14.4. The van der Waals surface area contributed by atoms with E-state index >= 15 is 0 Å². The predicted molar refractivity (Wildman–Crippen MR) is 142 cm³/mol. The Hall–Kier alpha value is -4.23. The van der Waals surface area contributed by atoms with E-state index in [0.29, 0.717) is 35.2 Å². The Labute approximate surface area is 226 Å². The van der Waals surface area contributed by atoms with Crippen LogP contribution in [0.2, 0.25) is 0 Å². The number of carbonyl (C=O) groups excluding carboxylic acids is 1. The Morgan fingerprint density at radius 2 is 1.82 bits per heavy atom. The van der Waals surface area contributed by atoms with Gasteiger partial charge in [-0.1, -0.05) is 12.1 Å². The third-order valence-electron chi connectivity index (χ3n) is 6.68. The minimum Gasteiger partial charge on any atom is -0.382 e. The van der Waals surface area contributed by atoms with Crippen molar-refractivity contribution in [1.82, 2.24) is 19.5 Å². The number of fused-ring (bicyclic) bond motifs is 1. The molecule has 0 unspecified atom stereocenters. The fraction of sp³-hybridized carbons (Fsp3) is 0.296. The number of urea groups is 1. The maximum atomic E-state index is 14.0. The molecule has 40 heavy (non-hydrogen) atoms. The number of rotatable bonds is 7. The molecule has 4 aromatic rings. The molecule has 0 saturated carbocycles. The zero-order chi connectivity index (χ0) is 28.3. The lowest BCUT2D eigenvalue weighted by atomic mass is 9.99. The molecule has 2 aromatic heterocycles. The Morgan fingerprint density at radius 3 is 2.55 bits per heavy atom. The molecule has 0 spiro atoms. The molecule has 210 valence electrons. The molecule has 0 radical (unpaired) electrons. The summed E-state index contributed by atoms with van der Waals surface area (Å²) < 4.78 is 60.0. The van der Waals surface area contributed by atoms with Gasteiger partial charge >= 0.3 is 12.2 Å². The largest absolute Gasteiger partial charge is 0.416 e. The molecule has 2 aromatic carbocycles. The average molecular weight is 558 g/mol. The number of benzene rings is 2. The summed E-state index contributed by atoms with van der Waals surface area (Å²) in [5, 5.41) is 8.95. The highest BCUT2D eigenvalue weighted by atomic mass is 19.4. The maximum absolute atomic E-state index is 14.0. The number of nitrogen functional groups attached to an aromatic ring is 1. The number of carbonyl (C=O) groups is 1. The van der Waals surface area contributed by atoms with Gasteiger partial charge in [0, 0.05) is 30.5 Å². The summed E-state index contributed by atoms with van der Waals surface area (Å²) in [6, 6.07) is 7.77. The number of morpholine rings is 1. The Morgan fingerprint density at radius 1 is 1.07 bits per heavy atom. The second-order valence-electron chi connectivity index (χ2n) is 9.37. The molecule has 13 heteroatoms. The second kappa shape index (κ2) is 11.5. The van der Waals surface area contributed by atoms with E-state index in [2.05, 4.69) is 25.6 Å². The molecule has 3 heterocycles. The van der Waals surface area contributed by atoms with Gasteiger partial charge in [-0.05, 0) is 60.8 Å². The van der Waals surface area contributed by atoms with E-state index in [1.807, 2.05) is 6.20 Å². The third-order valence-corrected chi connectivity index (χ3v) is 6.68. The predicted octanol–water partition coefficient (Wildman–Crippen LogP) is 5.05. The molecular formula is C27H27F4N7O2. The molecule has 4 N–H and O–H groups in total. The van der Waals surface area contributed by atoms with E-state index in [1.165, 1.54) is 6.33 Å². The highest BCUT2D eigenvalue weighted by Gasteiger charge is 2.31. The van der Waals surface area contributed by atoms with E-state index in [1.54, 1.807) is 28.8 Å². The molecule has 0 aliphatic carbocycles. The fourth-order valence-corrected chi connectivity index (χ4v) is 4.72. The number of alkyl halides is 3. The maximum Gasteiger partial charge on any atom is 0.416 e. The molecule has 2 amide bonds. The van der Waals surface area contributed by atoms with Crippen molar-refractivity contribution in [2.24, 2.45) is 0 Å². The van der Waals surface area contributed by atoms with Crippen molar-refractivity contribution >= 4 is 28.7 Å². The van der Waals surface area contributed by atoms with Crippen LogP contribution in [0.5, 0.6) is 0 Å². The van der Waals surface area contributed by atoms with Gasteiger partial charge in [-0.15, -0.1) is 0 Å². The van der Waals surface area contributed by atoms with Crippen LogP contribution < -0.4 is 16.4 Å². The van der Waals surface area contributed by atoms with E-state index in [9.17, 15) is 22.4 Å². The first-order chi connectivity index (χ1) is 19.2. The summed E-state index contributed by atoms with van der Waals surface area (Å²) in [6.45, 7) is 4.22. The number of hydrogen-bond donors (Lipinski definition) is 3. The van der Waals surface area contributed by atoms with Crippen molar-refractivity contribution in [2.75, 3.05) is 49.2 Å². The Bertz CT molecular complexity index is 1500. The van der Waals surface area contributed by atoms with E-state index < -0.39 is 29.3 Å². The number of aryl methyl sites for hydroxylation is 1. The molecule has 0 atom stereocenters. The number of amides is 2. The number of ether oxygens (including phenoxy) is 1. The lowest BCUT2D eigenvalue weighted by Crippen LogP contribution is -2.36. The van der Waals surface area contributed by atoms with Crippen LogP contribution in [0.3, 0.4) is 0 Å². The van der Waals surface area contributed by atoms with Gasteiger partial charge in [-0.3, -0.25) is 4.90 Å². The van der Waals surface area contributed by atoms with Gasteiger partial charge in [0.1, 0.15) is 17.7 Å². The SMILES string of the molecule is Nc1ncnn2cc(CCCN3CCOCC3)c(-c3ccc(NC(=O)Nc4cc(C(F)(F)F)ccc4F)cc3)c12. The van der Waals surface area contributed by atoms with Gasteiger partial charge in [0.05, 0.1) is 24.5 Å². The first-order valence-electron chi connectivity index (χ1n) is 12.6. The molecule has 5 rings (SSSR count). The fourth-order valence-electron chi connectivity index (χ4n) is 4.72. The van der Waals surface area contributed by atoms with Crippen molar-refractivity contribution in [3.05, 3.63) is 71.9 Å². The van der Waals surface area contributed by atoms with Gasteiger partial charge in [0.15, 0.2) is 5.82 Å². The zero-order valence-electron chi connectivity index (χ0n) is 21.3. The first-order valence-corrected chi connectivity index (χ1v) is 12.6. The summed E-state index contributed by atoms with van der Waals surface area (Å²) in [4.78, 5) is 18.9. The standard InChI is InChI=1S/C27H27F4N7O2/c28-21-8-5-19(27(29,30)31)14-22(21)36-26(39)35-20-6-3-17(4-7-20)23-18(2-1-9-37-10-12-40-13-11-37)15-38-24(23)25(32)33-16-34-38/h3-8,14-16H,1-2,9-13H2,(H2,32,33,34)(H2,35,36,39). The van der Waals surface area contributed by atoms with Crippen LogP contribution in [0.15, 0.2) is 55.0 Å². The quantitative estimate of drug-likeness (QED) is 0.275. The molecule has 1 fully saturated rings. The van der Waals surface area contributed by atoms with Crippen molar-refractivity contribution in [2.45, 2.75) is 19.0 Å². The second-order valence-corrected chi connectivity index (χ2v) is 9.37. The number of aromatic nitrogens is 3. The number of hydrogen-bond acceptors (Lipinski definition) is 6. The molecule has 9 nitrogen and oxygen atoms in total. The molecule has 0 bridgehead atoms. The number of nitrogens with two attached hydrogens (primary N) is 1. The lowest BCUT2D eigenvalue weighted by molar-refractivity contribution is -0.137. The third kappa shape index (κ3) is 6.15. The van der Waals surface area contributed by atoms with Crippen molar-refractivity contribution in [3.8, 4) is 11.1 Å². The highest BCUT2D eigenvalue weighted by Crippen LogP contribution is 2.34. The van der Waals surface area contributed by atoms with Gasteiger partial charge in [-0.2, -0.15) is 18.3 Å². The van der Waals surface area contributed by atoms with Gasteiger partial charge in [0.2, 0.25) is 0 Å². The summed E-state index contributed by atoms with van der Waals surface area (Å²) in [6.07, 6.45) is 0.354. The van der Waals surface area contributed by atoms with E-state index in [-0.39, 0.29) is 0 Å². The number of halogens is 4. The molecule has 1 saturated heterocycles. The van der Waals surface area contributed by atoms with Crippen LogP contribution in [0.4, 0.5) is 39.5 Å². The summed E-state index contributed by atoms with van der Waals surface area (Å²) >= 11 is 0. The summed E-state index contributed by atoms with van der Waals surface area (Å²) in [5.74, 6) is -0.658. The molecule has 1 aliphatic heterocycles. The van der Waals surface area contributed by atoms with Gasteiger partial charge in [0.25, 0.3) is 0 Å². The number of anilines is 3. The Balaban J connectivity index is 1.32. The average Bonchev–Trinajstić information content (AvgIpc) is 3.30. The number of nitrogens with zero attached hydrogens (tertiary/aromatic N) is 4. The van der Waals surface area contributed by atoms with E-state index in [4.69, 9.17) is 10.5 Å². The van der Waals surface area contributed by atoms with Crippen molar-refractivity contribution < 1.29 is 27.1 Å². The topological polar surface area (TPSA) is 110 Å². The van der Waals surface area contributed by atoms with Crippen LogP contribution >= 0.6 is 0 Å². The number of nitrogens with one attached hydrogen (secondary N) is 2. The smallest absolute Gasteiger partial charge is 0.382 e. The van der Waals surface area contributed by atoms with Crippen LogP contribution in [0, 0.1) is 5.82 Å². The monoisotopic (exact) mass is 557 g/mol. The highest BCUT2D eigenvalue weighted by molar-refractivity contribution is 6.00.